The average molecular weight is 314 g/mol. The molecule has 0 saturated carbocycles. The highest BCUT2D eigenvalue weighted by Crippen LogP contribution is 2.31. The SMILES string of the molecule is CCc1cc(-c2cc(C)c(C)c(C)c2)ccc1-c1cccc(C)c1. The first-order valence-electron chi connectivity index (χ1n) is 8.77. The first-order chi connectivity index (χ1) is 11.5. The van der Waals surface area contributed by atoms with Gasteiger partial charge in [-0.05, 0) is 78.6 Å². The minimum absolute atomic E-state index is 1.04. The fraction of sp³-hybridized carbons (Fsp3) is 0.250. The molecule has 0 unspecified atom stereocenters. The van der Waals surface area contributed by atoms with E-state index in [1.54, 1.807) is 0 Å². The van der Waals surface area contributed by atoms with E-state index in [-0.39, 0.29) is 0 Å². The van der Waals surface area contributed by atoms with E-state index in [1.165, 1.54) is 50.1 Å². The Bertz CT molecular complexity index is 861. The van der Waals surface area contributed by atoms with Crippen molar-refractivity contribution in [2.24, 2.45) is 0 Å². The molecule has 0 atom stereocenters. The lowest BCUT2D eigenvalue weighted by atomic mass is 9.91. The molecule has 0 saturated heterocycles. The fourth-order valence-electron chi connectivity index (χ4n) is 3.36. The van der Waals surface area contributed by atoms with Gasteiger partial charge in [-0.3, -0.25) is 0 Å². The average Bonchev–Trinajstić information content (AvgIpc) is 2.58. The third-order valence-corrected chi connectivity index (χ3v) is 5.08. The van der Waals surface area contributed by atoms with Crippen LogP contribution in [0.4, 0.5) is 0 Å². The standard InChI is InChI=1S/C24H26/c1-6-20-15-21(23-13-17(3)19(5)18(4)14-23)10-11-24(20)22-9-7-8-16(2)12-22/h7-15H,6H2,1-5H3. The molecule has 0 spiro atoms. The summed E-state index contributed by atoms with van der Waals surface area (Å²) in [6.07, 6.45) is 1.04. The summed E-state index contributed by atoms with van der Waals surface area (Å²) < 4.78 is 0. The van der Waals surface area contributed by atoms with Crippen LogP contribution < -0.4 is 0 Å². The zero-order valence-corrected chi connectivity index (χ0v) is 15.4. The molecular formula is C24H26. The van der Waals surface area contributed by atoms with Crippen molar-refractivity contribution in [1.82, 2.24) is 0 Å². The van der Waals surface area contributed by atoms with Crippen molar-refractivity contribution >= 4 is 0 Å². The summed E-state index contributed by atoms with van der Waals surface area (Å²) in [7, 11) is 0. The van der Waals surface area contributed by atoms with Gasteiger partial charge < -0.3 is 0 Å². The maximum atomic E-state index is 2.36. The zero-order chi connectivity index (χ0) is 17.3. The first-order valence-corrected chi connectivity index (χ1v) is 8.77. The predicted molar refractivity (Wildman–Crippen MR) is 106 cm³/mol. The molecule has 3 aromatic rings. The highest BCUT2D eigenvalue weighted by Gasteiger charge is 2.08. The maximum absolute atomic E-state index is 2.36. The largest absolute Gasteiger partial charge is 0.0614 e. The van der Waals surface area contributed by atoms with E-state index in [4.69, 9.17) is 0 Å². The zero-order valence-electron chi connectivity index (χ0n) is 15.4. The summed E-state index contributed by atoms with van der Waals surface area (Å²) in [4.78, 5) is 0. The number of aryl methyl sites for hydroxylation is 4. The number of benzene rings is 3. The second kappa shape index (κ2) is 6.65. The van der Waals surface area contributed by atoms with Crippen LogP contribution in [0.3, 0.4) is 0 Å². The molecular weight excluding hydrogens is 288 g/mol. The highest BCUT2D eigenvalue weighted by atomic mass is 14.1. The van der Waals surface area contributed by atoms with Gasteiger partial charge in [-0.25, -0.2) is 0 Å². The Hall–Kier alpha value is -2.34. The van der Waals surface area contributed by atoms with Crippen LogP contribution in [-0.4, -0.2) is 0 Å². The van der Waals surface area contributed by atoms with Crippen molar-refractivity contribution in [2.45, 2.75) is 41.0 Å². The van der Waals surface area contributed by atoms with Crippen molar-refractivity contribution in [1.29, 1.82) is 0 Å². The van der Waals surface area contributed by atoms with Crippen molar-refractivity contribution < 1.29 is 0 Å². The van der Waals surface area contributed by atoms with Gasteiger partial charge in [-0.2, -0.15) is 0 Å². The maximum Gasteiger partial charge on any atom is -0.0151 e. The Morgan fingerprint density at radius 2 is 1.38 bits per heavy atom. The second-order valence-corrected chi connectivity index (χ2v) is 6.83. The lowest BCUT2D eigenvalue weighted by Crippen LogP contribution is -1.92. The van der Waals surface area contributed by atoms with E-state index in [2.05, 4.69) is 89.2 Å². The molecule has 0 bridgehead atoms. The minimum atomic E-state index is 1.04. The van der Waals surface area contributed by atoms with Gasteiger partial charge in [0.15, 0.2) is 0 Å². The summed E-state index contributed by atoms with van der Waals surface area (Å²) in [5.74, 6) is 0. The monoisotopic (exact) mass is 314 g/mol. The van der Waals surface area contributed by atoms with Gasteiger partial charge in [0.2, 0.25) is 0 Å². The van der Waals surface area contributed by atoms with Gasteiger partial charge in [0, 0.05) is 0 Å². The summed E-state index contributed by atoms with van der Waals surface area (Å²) in [6, 6.07) is 20.3. The smallest absolute Gasteiger partial charge is 0.0151 e. The van der Waals surface area contributed by atoms with E-state index >= 15 is 0 Å². The predicted octanol–water partition coefficient (Wildman–Crippen LogP) is 6.82. The van der Waals surface area contributed by atoms with Crippen molar-refractivity contribution in [3.63, 3.8) is 0 Å². The van der Waals surface area contributed by atoms with Gasteiger partial charge in [-0.1, -0.05) is 67.1 Å². The highest BCUT2D eigenvalue weighted by molar-refractivity contribution is 5.75. The lowest BCUT2D eigenvalue weighted by Gasteiger charge is -2.14. The molecule has 3 rings (SSSR count). The minimum Gasteiger partial charge on any atom is -0.0614 e. The Morgan fingerprint density at radius 1 is 0.667 bits per heavy atom. The van der Waals surface area contributed by atoms with Crippen LogP contribution in [0, 0.1) is 27.7 Å². The van der Waals surface area contributed by atoms with Gasteiger partial charge >= 0.3 is 0 Å². The molecule has 0 nitrogen and oxygen atoms in total. The molecule has 0 fully saturated rings. The third kappa shape index (κ3) is 3.14. The summed E-state index contributed by atoms with van der Waals surface area (Å²) in [6.45, 7) is 11.0. The molecule has 0 N–H and O–H groups in total. The third-order valence-electron chi connectivity index (χ3n) is 5.08. The summed E-state index contributed by atoms with van der Waals surface area (Å²) in [5.41, 5.74) is 12.1. The molecule has 0 aliphatic carbocycles. The van der Waals surface area contributed by atoms with Crippen molar-refractivity contribution in [2.75, 3.05) is 0 Å². The Kier molecular flexibility index (Phi) is 4.57. The molecule has 3 aromatic carbocycles. The van der Waals surface area contributed by atoms with Crippen LogP contribution in [0.15, 0.2) is 54.6 Å². The van der Waals surface area contributed by atoms with Crippen LogP contribution in [0.2, 0.25) is 0 Å². The Balaban J connectivity index is 2.10. The molecule has 0 aliphatic rings. The molecule has 0 amide bonds. The lowest BCUT2D eigenvalue weighted by molar-refractivity contribution is 1.14. The van der Waals surface area contributed by atoms with Gasteiger partial charge in [0.1, 0.15) is 0 Å². The second-order valence-electron chi connectivity index (χ2n) is 6.83. The van der Waals surface area contributed by atoms with Crippen molar-refractivity contribution in [3.8, 4) is 22.3 Å². The van der Waals surface area contributed by atoms with Gasteiger partial charge in [-0.15, -0.1) is 0 Å². The Morgan fingerprint density at radius 3 is 2.00 bits per heavy atom. The molecule has 0 aromatic heterocycles. The normalized spacial score (nSPS) is 10.9. The molecule has 0 heteroatoms. The molecule has 122 valence electrons. The van der Waals surface area contributed by atoms with E-state index < -0.39 is 0 Å². The fourth-order valence-corrected chi connectivity index (χ4v) is 3.36. The van der Waals surface area contributed by atoms with Crippen molar-refractivity contribution in [3.05, 3.63) is 82.4 Å². The van der Waals surface area contributed by atoms with Crippen LogP contribution in [0.25, 0.3) is 22.3 Å². The molecule has 24 heavy (non-hydrogen) atoms. The van der Waals surface area contributed by atoms with E-state index in [9.17, 15) is 0 Å². The van der Waals surface area contributed by atoms with Crippen LogP contribution in [0.1, 0.15) is 34.7 Å². The number of rotatable bonds is 3. The molecule has 0 radical (unpaired) electrons. The first kappa shape index (κ1) is 16.5. The number of hydrogen-bond donors (Lipinski definition) is 0. The van der Waals surface area contributed by atoms with Gasteiger partial charge in [0.05, 0.1) is 0 Å². The van der Waals surface area contributed by atoms with Gasteiger partial charge in [0.25, 0.3) is 0 Å². The molecule has 0 aliphatic heterocycles. The quantitative estimate of drug-likeness (QED) is 0.497. The van der Waals surface area contributed by atoms with Crippen LogP contribution >= 0.6 is 0 Å². The number of hydrogen-bond acceptors (Lipinski definition) is 0. The van der Waals surface area contributed by atoms with E-state index in [1.807, 2.05) is 0 Å². The topological polar surface area (TPSA) is 0 Å². The summed E-state index contributed by atoms with van der Waals surface area (Å²) in [5, 5.41) is 0. The Labute approximate surface area is 146 Å². The van der Waals surface area contributed by atoms with E-state index in [0.717, 1.165) is 6.42 Å². The molecule has 0 heterocycles. The van der Waals surface area contributed by atoms with E-state index in [0.29, 0.717) is 0 Å². The summed E-state index contributed by atoms with van der Waals surface area (Å²) >= 11 is 0. The van der Waals surface area contributed by atoms with Crippen LogP contribution in [-0.2, 0) is 6.42 Å². The van der Waals surface area contributed by atoms with Crippen LogP contribution in [0.5, 0.6) is 0 Å².